The van der Waals surface area contributed by atoms with Gasteiger partial charge in [-0.05, 0) is 44.2 Å². The van der Waals surface area contributed by atoms with Crippen LogP contribution in [0.2, 0.25) is 0 Å². The van der Waals surface area contributed by atoms with Crippen LogP contribution in [0.25, 0.3) is 0 Å². The van der Waals surface area contributed by atoms with Gasteiger partial charge in [-0.15, -0.1) is 0 Å². The second kappa shape index (κ2) is 10.1. The van der Waals surface area contributed by atoms with Crippen molar-refractivity contribution in [2.75, 3.05) is 40.3 Å². The van der Waals surface area contributed by atoms with Crippen LogP contribution >= 0.6 is 0 Å². The van der Waals surface area contributed by atoms with E-state index in [1.807, 2.05) is 31.2 Å². The van der Waals surface area contributed by atoms with Crippen molar-refractivity contribution in [3.8, 4) is 5.75 Å². The van der Waals surface area contributed by atoms with E-state index in [4.69, 9.17) is 4.74 Å². The first-order chi connectivity index (χ1) is 12.9. The molecule has 1 fully saturated rings. The molecule has 152 valence electrons. The molecule has 27 heavy (non-hydrogen) atoms. The SMILES string of the molecule is CCOc1ccccc1CCCNC(=O)[C@@H]1CCCN(S(=O)(=O)N(C)C)C1. The first kappa shape index (κ1) is 21.7. The highest BCUT2D eigenvalue weighted by Crippen LogP contribution is 2.21. The minimum Gasteiger partial charge on any atom is -0.494 e. The van der Waals surface area contributed by atoms with Crippen LogP contribution in [0, 0.1) is 5.92 Å². The average Bonchev–Trinajstić information content (AvgIpc) is 2.66. The quantitative estimate of drug-likeness (QED) is 0.643. The first-order valence-corrected chi connectivity index (χ1v) is 10.9. The number of aryl methyl sites for hydroxylation is 1. The number of nitrogens with one attached hydrogen (secondary N) is 1. The van der Waals surface area contributed by atoms with Crippen LogP contribution in [0.4, 0.5) is 0 Å². The van der Waals surface area contributed by atoms with Gasteiger partial charge in [0.1, 0.15) is 5.75 Å². The van der Waals surface area contributed by atoms with E-state index in [2.05, 4.69) is 5.32 Å². The van der Waals surface area contributed by atoms with Crippen LogP contribution in [0.1, 0.15) is 31.7 Å². The van der Waals surface area contributed by atoms with Gasteiger partial charge in [0, 0.05) is 33.7 Å². The van der Waals surface area contributed by atoms with Gasteiger partial charge in [0.2, 0.25) is 5.91 Å². The fourth-order valence-corrected chi connectivity index (χ4v) is 4.43. The number of nitrogens with zero attached hydrogens (tertiary/aromatic N) is 2. The lowest BCUT2D eigenvalue weighted by atomic mass is 9.99. The Morgan fingerprint density at radius 1 is 1.33 bits per heavy atom. The number of benzene rings is 1. The van der Waals surface area contributed by atoms with Crippen LogP contribution in [0.5, 0.6) is 5.75 Å². The summed E-state index contributed by atoms with van der Waals surface area (Å²) in [4.78, 5) is 12.5. The molecule has 1 heterocycles. The predicted molar refractivity (Wildman–Crippen MR) is 106 cm³/mol. The molecule has 0 aromatic heterocycles. The number of para-hydroxylation sites is 1. The largest absolute Gasteiger partial charge is 0.494 e. The molecule has 0 aliphatic carbocycles. The number of rotatable bonds is 9. The summed E-state index contributed by atoms with van der Waals surface area (Å²) >= 11 is 0. The van der Waals surface area contributed by atoms with E-state index in [0.29, 0.717) is 26.1 Å². The van der Waals surface area contributed by atoms with E-state index in [-0.39, 0.29) is 18.4 Å². The Balaban J connectivity index is 1.81. The summed E-state index contributed by atoms with van der Waals surface area (Å²) in [6.07, 6.45) is 3.05. The number of carbonyl (C=O) groups excluding carboxylic acids is 1. The maximum Gasteiger partial charge on any atom is 0.281 e. The average molecular weight is 398 g/mol. The highest BCUT2D eigenvalue weighted by Gasteiger charge is 2.33. The lowest BCUT2D eigenvalue weighted by molar-refractivity contribution is -0.126. The van der Waals surface area contributed by atoms with E-state index >= 15 is 0 Å². The topological polar surface area (TPSA) is 79.0 Å². The molecule has 0 bridgehead atoms. The number of carbonyl (C=O) groups is 1. The molecule has 1 aliphatic heterocycles. The Kier molecular flexibility index (Phi) is 8.07. The third kappa shape index (κ3) is 5.92. The fraction of sp³-hybridized carbons (Fsp3) is 0.632. The van der Waals surface area contributed by atoms with Crippen LogP contribution in [0.15, 0.2) is 24.3 Å². The molecule has 2 rings (SSSR count). The van der Waals surface area contributed by atoms with Gasteiger partial charge in [-0.3, -0.25) is 4.79 Å². The van der Waals surface area contributed by atoms with Gasteiger partial charge < -0.3 is 10.1 Å². The Morgan fingerprint density at radius 3 is 2.78 bits per heavy atom. The summed E-state index contributed by atoms with van der Waals surface area (Å²) in [5, 5.41) is 2.96. The van der Waals surface area contributed by atoms with Crippen molar-refractivity contribution >= 4 is 16.1 Å². The summed E-state index contributed by atoms with van der Waals surface area (Å²) in [6.45, 7) is 3.87. The zero-order chi connectivity index (χ0) is 19.9. The first-order valence-electron chi connectivity index (χ1n) is 9.52. The molecular formula is C19H31N3O4S. The molecule has 0 spiro atoms. The molecule has 7 nitrogen and oxygen atoms in total. The normalized spacial score (nSPS) is 18.4. The standard InChI is InChI=1S/C19H31N3O4S/c1-4-26-18-12-6-5-9-16(18)10-7-13-20-19(23)17-11-8-14-22(15-17)27(24,25)21(2)3/h5-6,9,12,17H,4,7-8,10-11,13-15H2,1-3H3,(H,20,23)/t17-/m1/s1. The zero-order valence-electron chi connectivity index (χ0n) is 16.5. The Bertz CT molecular complexity index is 721. The third-order valence-electron chi connectivity index (χ3n) is 4.74. The smallest absolute Gasteiger partial charge is 0.281 e. The molecule has 0 unspecified atom stereocenters. The van der Waals surface area contributed by atoms with Gasteiger partial charge in [0.15, 0.2) is 0 Å². The highest BCUT2D eigenvalue weighted by molar-refractivity contribution is 7.86. The van der Waals surface area contributed by atoms with Crippen molar-refractivity contribution in [1.29, 1.82) is 0 Å². The number of hydrogen-bond donors (Lipinski definition) is 1. The highest BCUT2D eigenvalue weighted by atomic mass is 32.2. The number of ether oxygens (including phenoxy) is 1. The van der Waals surface area contributed by atoms with Gasteiger partial charge >= 0.3 is 0 Å². The molecule has 0 saturated carbocycles. The molecule has 1 saturated heterocycles. The fourth-order valence-electron chi connectivity index (χ4n) is 3.24. The molecule has 1 amide bonds. The molecule has 1 aromatic carbocycles. The lowest BCUT2D eigenvalue weighted by Crippen LogP contribution is -2.48. The van der Waals surface area contributed by atoms with Gasteiger partial charge in [-0.1, -0.05) is 18.2 Å². The second-order valence-corrected chi connectivity index (χ2v) is 9.07. The third-order valence-corrected chi connectivity index (χ3v) is 6.64. The number of hydrogen-bond acceptors (Lipinski definition) is 4. The van der Waals surface area contributed by atoms with Crippen LogP contribution in [-0.2, 0) is 21.4 Å². The molecule has 0 radical (unpaired) electrons. The summed E-state index contributed by atoms with van der Waals surface area (Å²) in [5.41, 5.74) is 1.13. The van der Waals surface area contributed by atoms with Crippen molar-refractivity contribution in [2.24, 2.45) is 5.92 Å². The molecule has 1 N–H and O–H groups in total. The van der Waals surface area contributed by atoms with Crippen molar-refractivity contribution in [2.45, 2.75) is 32.6 Å². The number of piperidine rings is 1. The number of amides is 1. The minimum atomic E-state index is -3.47. The monoisotopic (exact) mass is 397 g/mol. The Hall–Kier alpha value is -1.64. The van der Waals surface area contributed by atoms with Crippen LogP contribution < -0.4 is 10.1 Å². The molecule has 1 atom stereocenters. The molecule has 8 heteroatoms. The Labute approximate surface area is 162 Å². The van der Waals surface area contributed by atoms with Crippen molar-refractivity contribution in [3.05, 3.63) is 29.8 Å². The molecular weight excluding hydrogens is 366 g/mol. The van der Waals surface area contributed by atoms with Crippen LogP contribution in [-0.4, -0.2) is 63.3 Å². The second-order valence-electron chi connectivity index (χ2n) is 6.92. The van der Waals surface area contributed by atoms with E-state index in [1.54, 1.807) is 0 Å². The van der Waals surface area contributed by atoms with E-state index in [9.17, 15) is 13.2 Å². The van der Waals surface area contributed by atoms with Crippen molar-refractivity contribution in [3.63, 3.8) is 0 Å². The van der Waals surface area contributed by atoms with Crippen LogP contribution in [0.3, 0.4) is 0 Å². The van der Waals surface area contributed by atoms with E-state index < -0.39 is 10.2 Å². The Morgan fingerprint density at radius 2 is 2.07 bits per heavy atom. The summed E-state index contributed by atoms with van der Waals surface area (Å²) in [6, 6.07) is 7.93. The summed E-state index contributed by atoms with van der Waals surface area (Å²) in [7, 11) is -0.439. The maximum absolute atomic E-state index is 12.5. The zero-order valence-corrected chi connectivity index (χ0v) is 17.3. The van der Waals surface area contributed by atoms with Gasteiger partial charge in [0.05, 0.1) is 12.5 Å². The van der Waals surface area contributed by atoms with Gasteiger partial charge in [0.25, 0.3) is 10.2 Å². The van der Waals surface area contributed by atoms with Crippen molar-refractivity contribution in [1.82, 2.24) is 13.9 Å². The lowest BCUT2D eigenvalue weighted by Gasteiger charge is -2.32. The minimum absolute atomic E-state index is 0.0632. The van der Waals surface area contributed by atoms with E-state index in [0.717, 1.165) is 30.6 Å². The predicted octanol–water partition coefficient (Wildman–Crippen LogP) is 1.65. The molecule has 1 aliphatic rings. The molecule has 1 aromatic rings. The van der Waals surface area contributed by atoms with Gasteiger partial charge in [-0.2, -0.15) is 17.0 Å². The van der Waals surface area contributed by atoms with Gasteiger partial charge in [-0.25, -0.2) is 0 Å². The summed E-state index contributed by atoms with van der Waals surface area (Å²) in [5.74, 6) is 0.541. The summed E-state index contributed by atoms with van der Waals surface area (Å²) < 4.78 is 32.7. The maximum atomic E-state index is 12.5. The van der Waals surface area contributed by atoms with E-state index in [1.165, 1.54) is 22.7 Å². The van der Waals surface area contributed by atoms with Crippen molar-refractivity contribution < 1.29 is 17.9 Å².